The molecule has 5 nitrogen and oxygen atoms in total. The van der Waals surface area contributed by atoms with Gasteiger partial charge >= 0.3 is 0 Å². The number of fused-ring (bicyclic) bond motifs is 2. The summed E-state index contributed by atoms with van der Waals surface area (Å²) in [6.45, 7) is 1.76. The van der Waals surface area contributed by atoms with Crippen molar-refractivity contribution < 1.29 is 9.18 Å². The highest BCUT2D eigenvalue weighted by atomic mass is 35.5. The van der Waals surface area contributed by atoms with Gasteiger partial charge in [0.25, 0.3) is 5.91 Å². The number of likely N-dealkylation sites (N-methyl/N-ethyl adjacent to an activating group) is 1. The number of nitrogens with one attached hydrogen (secondary N) is 1. The molecule has 0 aliphatic carbocycles. The number of hydrogen-bond donors (Lipinski definition) is 2. The molecular formula is C18H16ClFN4OS. The Labute approximate surface area is 158 Å². The van der Waals surface area contributed by atoms with Crippen LogP contribution in [-0.4, -0.2) is 29.4 Å². The van der Waals surface area contributed by atoms with Crippen LogP contribution in [0, 0.1) is 5.82 Å². The number of amides is 1. The summed E-state index contributed by atoms with van der Waals surface area (Å²) in [7, 11) is 2.06. The average Bonchev–Trinajstić information content (AvgIpc) is 2.92. The molecule has 0 bridgehead atoms. The molecule has 26 heavy (non-hydrogen) atoms. The molecule has 1 amide bonds. The van der Waals surface area contributed by atoms with Crippen LogP contribution >= 0.6 is 22.9 Å². The number of pyridine rings is 1. The van der Waals surface area contributed by atoms with Crippen molar-refractivity contribution in [3.8, 4) is 0 Å². The highest BCUT2D eigenvalue weighted by molar-refractivity contribution is 7.21. The largest absolute Gasteiger partial charge is 0.397 e. The Morgan fingerprint density at radius 1 is 1.42 bits per heavy atom. The van der Waals surface area contributed by atoms with Crippen molar-refractivity contribution in [2.24, 2.45) is 0 Å². The number of nitrogens with two attached hydrogens (primary N) is 1. The van der Waals surface area contributed by atoms with Crippen molar-refractivity contribution in [3.05, 3.63) is 51.2 Å². The predicted molar refractivity (Wildman–Crippen MR) is 103 cm³/mol. The Morgan fingerprint density at radius 3 is 3.00 bits per heavy atom. The van der Waals surface area contributed by atoms with Gasteiger partial charge in [0.2, 0.25) is 0 Å². The SMILES string of the molecule is CN1CCc2nc3sc(C(=O)Nc4ccc(Cl)cc4F)c(N)c3cc2C1. The maximum Gasteiger partial charge on any atom is 0.268 e. The monoisotopic (exact) mass is 390 g/mol. The summed E-state index contributed by atoms with van der Waals surface area (Å²) in [4.78, 5) is 20.6. The smallest absolute Gasteiger partial charge is 0.268 e. The van der Waals surface area contributed by atoms with E-state index in [1.54, 1.807) is 0 Å². The molecule has 8 heteroatoms. The van der Waals surface area contributed by atoms with E-state index in [4.69, 9.17) is 22.3 Å². The van der Waals surface area contributed by atoms with Crippen molar-refractivity contribution in [2.45, 2.75) is 13.0 Å². The van der Waals surface area contributed by atoms with Gasteiger partial charge in [-0.25, -0.2) is 9.37 Å². The van der Waals surface area contributed by atoms with Crippen molar-refractivity contribution in [2.75, 3.05) is 24.6 Å². The van der Waals surface area contributed by atoms with E-state index in [0.717, 1.165) is 47.1 Å². The quantitative estimate of drug-likeness (QED) is 0.695. The van der Waals surface area contributed by atoms with E-state index in [9.17, 15) is 9.18 Å². The summed E-state index contributed by atoms with van der Waals surface area (Å²) in [6, 6.07) is 6.10. The minimum Gasteiger partial charge on any atom is -0.397 e. The summed E-state index contributed by atoms with van der Waals surface area (Å²) in [5.41, 5.74) is 8.82. The third-order valence-corrected chi connectivity index (χ3v) is 5.79. The van der Waals surface area contributed by atoms with Gasteiger partial charge < -0.3 is 16.0 Å². The van der Waals surface area contributed by atoms with Crippen LogP contribution < -0.4 is 11.1 Å². The summed E-state index contributed by atoms with van der Waals surface area (Å²) in [6.07, 6.45) is 0.872. The Balaban J connectivity index is 1.70. The van der Waals surface area contributed by atoms with Crippen LogP contribution in [0.2, 0.25) is 5.02 Å². The van der Waals surface area contributed by atoms with Crippen LogP contribution in [-0.2, 0) is 13.0 Å². The second kappa shape index (κ2) is 6.50. The van der Waals surface area contributed by atoms with Gasteiger partial charge in [-0.1, -0.05) is 11.6 Å². The molecule has 0 radical (unpaired) electrons. The van der Waals surface area contributed by atoms with Crippen LogP contribution in [0.15, 0.2) is 24.3 Å². The van der Waals surface area contributed by atoms with E-state index >= 15 is 0 Å². The van der Waals surface area contributed by atoms with Crippen LogP contribution in [0.25, 0.3) is 10.2 Å². The molecule has 0 saturated heterocycles. The van der Waals surface area contributed by atoms with Crippen molar-refractivity contribution in [3.63, 3.8) is 0 Å². The maximum atomic E-state index is 13.9. The molecule has 3 heterocycles. The Morgan fingerprint density at radius 2 is 2.23 bits per heavy atom. The zero-order chi connectivity index (χ0) is 18.4. The highest BCUT2D eigenvalue weighted by Gasteiger charge is 2.22. The molecule has 1 aliphatic heterocycles. The number of carbonyl (C=O) groups excluding carboxylic acids is 1. The second-order valence-electron chi connectivity index (χ2n) is 6.36. The van der Waals surface area contributed by atoms with E-state index in [1.165, 1.54) is 23.5 Å². The molecule has 0 fully saturated rings. The molecule has 3 N–H and O–H groups in total. The van der Waals surface area contributed by atoms with Crippen molar-refractivity contribution in [1.29, 1.82) is 0 Å². The molecule has 3 aromatic rings. The minimum absolute atomic E-state index is 0.0603. The molecular weight excluding hydrogens is 375 g/mol. The number of halogens is 2. The number of anilines is 2. The fourth-order valence-electron chi connectivity index (χ4n) is 3.08. The van der Waals surface area contributed by atoms with E-state index in [-0.39, 0.29) is 10.7 Å². The first-order valence-corrected chi connectivity index (χ1v) is 9.27. The molecule has 0 unspecified atom stereocenters. The van der Waals surface area contributed by atoms with Crippen molar-refractivity contribution in [1.82, 2.24) is 9.88 Å². The van der Waals surface area contributed by atoms with Gasteiger partial charge in [0.1, 0.15) is 15.5 Å². The van der Waals surface area contributed by atoms with Gasteiger partial charge in [-0.3, -0.25) is 4.79 Å². The van der Waals surface area contributed by atoms with E-state index in [1.807, 2.05) is 6.07 Å². The molecule has 1 aliphatic rings. The van der Waals surface area contributed by atoms with Crippen LogP contribution in [0.4, 0.5) is 15.8 Å². The first kappa shape index (κ1) is 17.2. The number of benzene rings is 1. The third-order valence-electron chi connectivity index (χ3n) is 4.45. The molecule has 0 saturated carbocycles. The molecule has 4 rings (SSSR count). The Bertz CT molecular complexity index is 1040. The Kier molecular flexibility index (Phi) is 4.30. The van der Waals surface area contributed by atoms with Gasteiger partial charge in [-0.05, 0) is 36.9 Å². The van der Waals surface area contributed by atoms with Crippen LogP contribution in [0.1, 0.15) is 20.9 Å². The number of carbonyl (C=O) groups is 1. The number of thiophene rings is 1. The first-order valence-electron chi connectivity index (χ1n) is 8.08. The number of aromatic nitrogens is 1. The van der Waals surface area contributed by atoms with Crippen LogP contribution in [0.3, 0.4) is 0 Å². The lowest BCUT2D eigenvalue weighted by Crippen LogP contribution is -2.27. The van der Waals surface area contributed by atoms with E-state index < -0.39 is 11.7 Å². The number of hydrogen-bond acceptors (Lipinski definition) is 5. The lowest BCUT2D eigenvalue weighted by atomic mass is 10.0. The normalized spacial score (nSPS) is 14.4. The predicted octanol–water partition coefficient (Wildman–Crippen LogP) is 3.91. The fraction of sp³-hybridized carbons (Fsp3) is 0.222. The van der Waals surface area contributed by atoms with E-state index in [2.05, 4.69) is 17.3 Å². The fourth-order valence-corrected chi connectivity index (χ4v) is 4.23. The van der Waals surface area contributed by atoms with Gasteiger partial charge in [0.15, 0.2) is 0 Å². The standard InChI is InChI=1S/C18H16ClFN4OS/c1-24-5-4-13-9(8-24)6-11-15(21)16(26-18(11)23-13)17(25)22-14-3-2-10(19)7-12(14)20/h2-3,6-7H,4-5,8,21H2,1H3,(H,22,25). The molecule has 0 spiro atoms. The minimum atomic E-state index is -0.595. The summed E-state index contributed by atoms with van der Waals surface area (Å²) >= 11 is 6.96. The van der Waals surface area contributed by atoms with Gasteiger partial charge in [-0.2, -0.15) is 0 Å². The molecule has 0 atom stereocenters. The number of rotatable bonds is 2. The summed E-state index contributed by atoms with van der Waals surface area (Å²) < 4.78 is 13.9. The third kappa shape index (κ3) is 3.02. The molecule has 134 valence electrons. The average molecular weight is 391 g/mol. The van der Waals surface area contributed by atoms with Gasteiger partial charge in [-0.15, -0.1) is 11.3 Å². The topological polar surface area (TPSA) is 71.2 Å². The highest BCUT2D eigenvalue weighted by Crippen LogP contribution is 2.35. The maximum absolute atomic E-state index is 13.9. The summed E-state index contributed by atoms with van der Waals surface area (Å²) in [5, 5.41) is 3.59. The van der Waals surface area contributed by atoms with E-state index in [0.29, 0.717) is 10.6 Å². The zero-order valence-electron chi connectivity index (χ0n) is 14.0. The lowest BCUT2D eigenvalue weighted by molar-refractivity contribution is 0.103. The van der Waals surface area contributed by atoms with Crippen molar-refractivity contribution >= 4 is 50.4 Å². The zero-order valence-corrected chi connectivity index (χ0v) is 15.5. The molecule has 2 aromatic heterocycles. The van der Waals surface area contributed by atoms with Gasteiger partial charge in [0.05, 0.1) is 11.4 Å². The van der Waals surface area contributed by atoms with Crippen LogP contribution in [0.5, 0.6) is 0 Å². The lowest BCUT2D eigenvalue weighted by Gasteiger charge is -2.24. The number of nitrogens with zero attached hydrogens (tertiary/aromatic N) is 2. The number of nitrogen functional groups attached to an aromatic ring is 1. The Hall–Kier alpha value is -2.22. The summed E-state index contributed by atoms with van der Waals surface area (Å²) in [5.74, 6) is -1.05. The second-order valence-corrected chi connectivity index (χ2v) is 7.79. The first-order chi connectivity index (χ1) is 12.4. The molecule has 1 aromatic carbocycles. The van der Waals surface area contributed by atoms with Gasteiger partial charge in [0, 0.05) is 35.6 Å².